The van der Waals surface area contributed by atoms with E-state index in [0.29, 0.717) is 13.1 Å². The van der Waals surface area contributed by atoms with E-state index in [1.165, 1.54) is 11.3 Å². The van der Waals surface area contributed by atoms with Gasteiger partial charge in [-0.05, 0) is 52.3 Å². The van der Waals surface area contributed by atoms with Crippen molar-refractivity contribution in [2.24, 2.45) is 0 Å². The maximum Gasteiger partial charge on any atom is 0.234 e. The monoisotopic (exact) mass is 291 g/mol. The van der Waals surface area contributed by atoms with Crippen molar-refractivity contribution in [2.45, 2.75) is 46.7 Å². The lowest BCUT2D eigenvalue weighted by Crippen LogP contribution is -2.44. The van der Waals surface area contributed by atoms with Crippen molar-refractivity contribution in [3.05, 3.63) is 29.8 Å². The molecule has 0 aliphatic rings. The Morgan fingerprint density at radius 2 is 1.67 bits per heavy atom. The van der Waals surface area contributed by atoms with Crippen molar-refractivity contribution < 1.29 is 4.79 Å². The van der Waals surface area contributed by atoms with Gasteiger partial charge in [-0.15, -0.1) is 0 Å². The summed E-state index contributed by atoms with van der Waals surface area (Å²) < 4.78 is 0. The largest absolute Gasteiger partial charge is 0.372 e. The number of carbonyl (C=O) groups excluding carboxylic acids is 1. The third-order valence-electron chi connectivity index (χ3n) is 3.19. The molecule has 1 amide bonds. The predicted molar refractivity (Wildman–Crippen MR) is 89.6 cm³/mol. The Morgan fingerprint density at radius 1 is 1.10 bits per heavy atom. The van der Waals surface area contributed by atoms with Crippen LogP contribution in [-0.2, 0) is 11.3 Å². The van der Waals surface area contributed by atoms with Crippen LogP contribution in [0.3, 0.4) is 0 Å². The maximum atomic E-state index is 11.7. The van der Waals surface area contributed by atoms with Gasteiger partial charge in [0.2, 0.25) is 5.91 Å². The second-order valence-electron chi connectivity index (χ2n) is 6.24. The van der Waals surface area contributed by atoms with Crippen LogP contribution in [0.25, 0.3) is 0 Å². The second-order valence-corrected chi connectivity index (χ2v) is 6.24. The first kappa shape index (κ1) is 17.5. The Bertz CT molecular complexity index is 430. The highest BCUT2D eigenvalue weighted by molar-refractivity contribution is 5.78. The molecule has 1 aromatic rings. The van der Waals surface area contributed by atoms with Crippen LogP contribution in [0.4, 0.5) is 5.69 Å². The standard InChI is InChI=1S/C17H29N3O/c1-6-20(7-2)15-10-8-14(9-11-15)12-18-13-16(21)19-17(3,4)5/h8-11,18H,6-7,12-13H2,1-5H3,(H,19,21). The van der Waals surface area contributed by atoms with Gasteiger partial charge in [-0.2, -0.15) is 0 Å². The number of amides is 1. The summed E-state index contributed by atoms with van der Waals surface area (Å²) in [6, 6.07) is 8.50. The Balaban J connectivity index is 2.41. The van der Waals surface area contributed by atoms with E-state index in [2.05, 4.69) is 53.6 Å². The van der Waals surface area contributed by atoms with E-state index in [1.54, 1.807) is 0 Å². The molecule has 2 N–H and O–H groups in total. The smallest absolute Gasteiger partial charge is 0.234 e. The SMILES string of the molecule is CCN(CC)c1ccc(CNCC(=O)NC(C)(C)C)cc1. The molecule has 4 heteroatoms. The third kappa shape index (κ3) is 6.63. The number of nitrogens with one attached hydrogen (secondary N) is 2. The maximum absolute atomic E-state index is 11.7. The zero-order valence-corrected chi connectivity index (χ0v) is 14.0. The van der Waals surface area contributed by atoms with E-state index in [1.807, 2.05) is 20.8 Å². The van der Waals surface area contributed by atoms with Gasteiger partial charge in [0.25, 0.3) is 0 Å². The highest BCUT2D eigenvalue weighted by Crippen LogP contribution is 2.14. The molecule has 1 rings (SSSR count). The normalized spacial score (nSPS) is 11.3. The first-order chi connectivity index (χ1) is 9.85. The van der Waals surface area contributed by atoms with Crippen molar-refractivity contribution >= 4 is 11.6 Å². The molecular formula is C17H29N3O. The molecule has 0 bridgehead atoms. The van der Waals surface area contributed by atoms with Crippen molar-refractivity contribution in [3.63, 3.8) is 0 Å². The summed E-state index contributed by atoms with van der Waals surface area (Å²) in [6.45, 7) is 13.3. The van der Waals surface area contributed by atoms with E-state index >= 15 is 0 Å². The van der Waals surface area contributed by atoms with Crippen molar-refractivity contribution in [2.75, 3.05) is 24.5 Å². The predicted octanol–water partition coefficient (Wildman–Crippen LogP) is 2.54. The van der Waals surface area contributed by atoms with Gasteiger partial charge in [0.15, 0.2) is 0 Å². The first-order valence-electron chi connectivity index (χ1n) is 7.71. The number of nitrogens with zero attached hydrogens (tertiary/aromatic N) is 1. The van der Waals surface area contributed by atoms with Crippen LogP contribution in [0.1, 0.15) is 40.2 Å². The molecule has 21 heavy (non-hydrogen) atoms. The number of hydrogen-bond donors (Lipinski definition) is 2. The summed E-state index contributed by atoms with van der Waals surface area (Å²) in [5, 5.41) is 6.11. The van der Waals surface area contributed by atoms with Gasteiger partial charge in [0.1, 0.15) is 0 Å². The Kier molecular flexibility index (Phi) is 6.69. The van der Waals surface area contributed by atoms with E-state index < -0.39 is 0 Å². The van der Waals surface area contributed by atoms with Gasteiger partial charge < -0.3 is 15.5 Å². The molecule has 118 valence electrons. The quantitative estimate of drug-likeness (QED) is 0.811. The molecule has 0 heterocycles. The van der Waals surface area contributed by atoms with Gasteiger partial charge in [-0.25, -0.2) is 0 Å². The lowest BCUT2D eigenvalue weighted by Gasteiger charge is -2.21. The van der Waals surface area contributed by atoms with Crippen LogP contribution in [-0.4, -0.2) is 31.1 Å². The molecule has 4 nitrogen and oxygen atoms in total. The highest BCUT2D eigenvalue weighted by Gasteiger charge is 2.12. The molecule has 0 aliphatic heterocycles. The van der Waals surface area contributed by atoms with Gasteiger partial charge >= 0.3 is 0 Å². The molecule has 0 fully saturated rings. The molecule has 0 aliphatic carbocycles. The Morgan fingerprint density at radius 3 is 2.14 bits per heavy atom. The van der Waals surface area contributed by atoms with Crippen molar-refractivity contribution in [1.82, 2.24) is 10.6 Å². The van der Waals surface area contributed by atoms with Crippen LogP contribution in [0.15, 0.2) is 24.3 Å². The van der Waals surface area contributed by atoms with Crippen LogP contribution >= 0.6 is 0 Å². The lowest BCUT2D eigenvalue weighted by atomic mass is 10.1. The second kappa shape index (κ2) is 8.03. The third-order valence-corrected chi connectivity index (χ3v) is 3.19. The molecule has 0 radical (unpaired) electrons. The number of anilines is 1. The van der Waals surface area contributed by atoms with Crippen LogP contribution in [0, 0.1) is 0 Å². The summed E-state index contributed by atoms with van der Waals surface area (Å²) in [7, 11) is 0. The molecular weight excluding hydrogens is 262 g/mol. The summed E-state index contributed by atoms with van der Waals surface area (Å²) in [4.78, 5) is 14.0. The minimum absolute atomic E-state index is 0.0299. The zero-order chi connectivity index (χ0) is 15.9. The molecule has 0 atom stereocenters. The number of carbonyl (C=O) groups is 1. The topological polar surface area (TPSA) is 44.4 Å². The van der Waals surface area contributed by atoms with E-state index in [9.17, 15) is 4.79 Å². The number of rotatable bonds is 7. The van der Waals surface area contributed by atoms with E-state index in [-0.39, 0.29) is 11.4 Å². The minimum Gasteiger partial charge on any atom is -0.372 e. The van der Waals surface area contributed by atoms with Gasteiger partial charge in [0, 0.05) is 30.9 Å². The first-order valence-corrected chi connectivity index (χ1v) is 7.71. The molecule has 1 aromatic carbocycles. The fraction of sp³-hybridized carbons (Fsp3) is 0.588. The van der Waals surface area contributed by atoms with Gasteiger partial charge in [-0.1, -0.05) is 12.1 Å². The molecule has 0 saturated heterocycles. The molecule has 0 unspecified atom stereocenters. The number of benzene rings is 1. The Labute approximate surface area is 128 Å². The van der Waals surface area contributed by atoms with Crippen LogP contribution < -0.4 is 15.5 Å². The van der Waals surface area contributed by atoms with Crippen molar-refractivity contribution in [3.8, 4) is 0 Å². The average Bonchev–Trinajstić information content (AvgIpc) is 2.40. The fourth-order valence-electron chi connectivity index (χ4n) is 2.20. The highest BCUT2D eigenvalue weighted by atomic mass is 16.2. The number of hydrogen-bond acceptors (Lipinski definition) is 3. The van der Waals surface area contributed by atoms with Crippen molar-refractivity contribution in [1.29, 1.82) is 0 Å². The summed E-state index contributed by atoms with van der Waals surface area (Å²) in [6.07, 6.45) is 0. The van der Waals surface area contributed by atoms with Crippen LogP contribution in [0.5, 0.6) is 0 Å². The minimum atomic E-state index is -0.176. The molecule has 0 aromatic heterocycles. The van der Waals surface area contributed by atoms with E-state index in [0.717, 1.165) is 13.1 Å². The fourth-order valence-corrected chi connectivity index (χ4v) is 2.20. The van der Waals surface area contributed by atoms with E-state index in [4.69, 9.17) is 0 Å². The molecule has 0 spiro atoms. The summed E-state index contributed by atoms with van der Waals surface area (Å²) in [5.74, 6) is 0.0299. The molecule has 0 saturated carbocycles. The Hall–Kier alpha value is -1.55. The summed E-state index contributed by atoms with van der Waals surface area (Å²) in [5.41, 5.74) is 2.26. The van der Waals surface area contributed by atoms with Crippen LogP contribution in [0.2, 0.25) is 0 Å². The lowest BCUT2D eigenvalue weighted by molar-refractivity contribution is -0.121. The van der Waals surface area contributed by atoms with Gasteiger partial charge in [0.05, 0.1) is 6.54 Å². The average molecular weight is 291 g/mol. The van der Waals surface area contributed by atoms with Gasteiger partial charge in [-0.3, -0.25) is 4.79 Å². The summed E-state index contributed by atoms with van der Waals surface area (Å²) >= 11 is 0. The zero-order valence-electron chi connectivity index (χ0n) is 14.0.